The summed E-state index contributed by atoms with van der Waals surface area (Å²) < 4.78 is 5.99. The summed E-state index contributed by atoms with van der Waals surface area (Å²) in [5.41, 5.74) is 7.60. The molecule has 148 valence electrons. The van der Waals surface area contributed by atoms with Crippen LogP contribution in [0, 0.1) is 6.92 Å². The van der Waals surface area contributed by atoms with Crippen LogP contribution >= 0.6 is 23.2 Å². The predicted molar refractivity (Wildman–Crippen MR) is 110 cm³/mol. The first kappa shape index (κ1) is 19.4. The van der Waals surface area contributed by atoms with E-state index in [4.69, 9.17) is 38.7 Å². The number of halogens is 2. The summed E-state index contributed by atoms with van der Waals surface area (Å²) in [5, 5.41) is 0.797. The maximum atomic E-state index is 12.2. The number of aromatic nitrogens is 2. The van der Waals surface area contributed by atoms with E-state index in [0.717, 1.165) is 45.4 Å². The molecule has 0 bridgehead atoms. The van der Waals surface area contributed by atoms with E-state index in [9.17, 15) is 4.79 Å². The minimum Gasteiger partial charge on any atom is -0.375 e. The fraction of sp³-hybridized carbons (Fsp3) is 0.450. The van der Waals surface area contributed by atoms with Gasteiger partial charge in [-0.15, -0.1) is 0 Å². The Hall–Kier alpha value is -1.89. The second kappa shape index (κ2) is 7.50. The number of primary amides is 1. The zero-order chi connectivity index (χ0) is 19.9. The summed E-state index contributed by atoms with van der Waals surface area (Å²) in [6.07, 6.45) is 4.03. The molecule has 28 heavy (non-hydrogen) atoms. The summed E-state index contributed by atoms with van der Waals surface area (Å²) in [5.74, 6) is -0.0842. The Balaban J connectivity index is 1.70. The van der Waals surface area contributed by atoms with E-state index in [1.54, 1.807) is 18.2 Å². The van der Waals surface area contributed by atoms with Gasteiger partial charge in [-0.3, -0.25) is 4.79 Å². The molecule has 1 aromatic heterocycles. The molecule has 8 heteroatoms. The number of benzene rings is 1. The largest absolute Gasteiger partial charge is 0.375 e. The van der Waals surface area contributed by atoms with Crippen LogP contribution in [0.4, 0.5) is 5.82 Å². The van der Waals surface area contributed by atoms with Crippen molar-refractivity contribution in [3.8, 4) is 11.3 Å². The molecule has 0 aliphatic carbocycles. The van der Waals surface area contributed by atoms with Crippen LogP contribution in [0.2, 0.25) is 10.0 Å². The number of amides is 1. The number of nitrogens with zero attached hydrogens (tertiary/aromatic N) is 3. The quantitative estimate of drug-likeness (QED) is 0.810. The lowest BCUT2D eigenvalue weighted by Gasteiger charge is -2.39. The van der Waals surface area contributed by atoms with E-state index in [0.29, 0.717) is 32.8 Å². The summed E-state index contributed by atoms with van der Waals surface area (Å²) in [4.78, 5) is 23.5. The van der Waals surface area contributed by atoms with Gasteiger partial charge in [-0.1, -0.05) is 35.3 Å². The Kier molecular flexibility index (Phi) is 5.21. The van der Waals surface area contributed by atoms with Gasteiger partial charge >= 0.3 is 0 Å². The first-order chi connectivity index (χ1) is 13.4. The van der Waals surface area contributed by atoms with Gasteiger partial charge in [0.2, 0.25) is 0 Å². The average molecular weight is 421 g/mol. The highest BCUT2D eigenvalue weighted by atomic mass is 35.5. The van der Waals surface area contributed by atoms with Crippen molar-refractivity contribution < 1.29 is 9.53 Å². The Morgan fingerprint density at radius 3 is 2.61 bits per heavy atom. The fourth-order valence-electron chi connectivity index (χ4n) is 4.11. The molecular formula is C20H22Cl2N4O2. The average Bonchev–Trinajstić information content (AvgIpc) is 3.12. The van der Waals surface area contributed by atoms with Crippen LogP contribution < -0.4 is 10.6 Å². The molecule has 2 saturated heterocycles. The SMILES string of the molecule is Cc1nc(N2CCC3(CCCO3)CC2)c(C(N)=O)nc1-c1cccc(Cl)c1Cl. The highest BCUT2D eigenvalue weighted by Gasteiger charge is 2.39. The number of aryl methyl sites for hydroxylation is 1. The monoisotopic (exact) mass is 420 g/mol. The molecule has 0 atom stereocenters. The second-order valence-corrected chi connectivity index (χ2v) is 8.20. The van der Waals surface area contributed by atoms with Gasteiger partial charge in [0, 0.05) is 25.3 Å². The van der Waals surface area contributed by atoms with Crippen LogP contribution in [-0.2, 0) is 4.74 Å². The standard InChI is InChI=1S/C20H22Cl2N4O2/c1-12-16(13-4-2-5-14(21)15(13)22)25-17(18(23)27)19(24-12)26-9-7-20(8-10-26)6-3-11-28-20/h2,4-5H,3,6-11H2,1H3,(H2,23,27). The highest BCUT2D eigenvalue weighted by Crippen LogP contribution is 2.38. The molecule has 2 aromatic rings. The van der Waals surface area contributed by atoms with Crippen LogP contribution in [0.15, 0.2) is 18.2 Å². The van der Waals surface area contributed by atoms with Crippen molar-refractivity contribution in [3.63, 3.8) is 0 Å². The van der Waals surface area contributed by atoms with E-state index < -0.39 is 5.91 Å². The first-order valence-electron chi connectivity index (χ1n) is 9.42. The molecule has 4 rings (SSSR count). The zero-order valence-corrected chi connectivity index (χ0v) is 17.2. The third-order valence-electron chi connectivity index (χ3n) is 5.65. The molecule has 1 amide bonds. The first-order valence-corrected chi connectivity index (χ1v) is 10.2. The van der Waals surface area contributed by atoms with Gasteiger partial charge in [0.25, 0.3) is 5.91 Å². The normalized spacial score (nSPS) is 18.6. The van der Waals surface area contributed by atoms with Crippen LogP contribution in [0.25, 0.3) is 11.3 Å². The predicted octanol–water partition coefficient (Wildman–Crippen LogP) is 4.01. The van der Waals surface area contributed by atoms with Crippen LogP contribution in [0.3, 0.4) is 0 Å². The summed E-state index contributed by atoms with van der Waals surface area (Å²) in [6.45, 7) is 4.19. The highest BCUT2D eigenvalue weighted by molar-refractivity contribution is 6.43. The molecule has 2 fully saturated rings. The van der Waals surface area contributed by atoms with Gasteiger partial charge in [-0.05, 0) is 38.7 Å². The van der Waals surface area contributed by atoms with Gasteiger partial charge in [-0.25, -0.2) is 9.97 Å². The molecule has 1 aromatic carbocycles. The minimum atomic E-state index is -0.612. The minimum absolute atomic E-state index is 0.0138. The van der Waals surface area contributed by atoms with Gasteiger partial charge in [0.05, 0.1) is 27.0 Å². The van der Waals surface area contributed by atoms with Crippen molar-refractivity contribution in [2.45, 2.75) is 38.2 Å². The smallest absolute Gasteiger partial charge is 0.271 e. The van der Waals surface area contributed by atoms with Gasteiger partial charge in [0.15, 0.2) is 11.5 Å². The summed E-state index contributed by atoms with van der Waals surface area (Å²) in [7, 11) is 0. The lowest BCUT2D eigenvalue weighted by molar-refractivity contribution is -0.0147. The summed E-state index contributed by atoms with van der Waals surface area (Å²) >= 11 is 12.5. The van der Waals surface area contributed by atoms with Crippen molar-refractivity contribution in [1.82, 2.24) is 9.97 Å². The number of hydrogen-bond donors (Lipinski definition) is 1. The summed E-state index contributed by atoms with van der Waals surface area (Å²) in [6, 6.07) is 5.29. The number of hydrogen-bond acceptors (Lipinski definition) is 5. The lowest BCUT2D eigenvalue weighted by atomic mass is 9.88. The Morgan fingerprint density at radius 2 is 1.96 bits per heavy atom. The van der Waals surface area contributed by atoms with Crippen molar-refractivity contribution in [3.05, 3.63) is 39.6 Å². The van der Waals surface area contributed by atoms with Crippen molar-refractivity contribution >= 4 is 34.9 Å². The molecule has 2 aliphatic heterocycles. The van der Waals surface area contributed by atoms with Crippen molar-refractivity contribution in [1.29, 1.82) is 0 Å². The third kappa shape index (κ3) is 3.45. The molecule has 0 unspecified atom stereocenters. The topological polar surface area (TPSA) is 81.3 Å². The van der Waals surface area contributed by atoms with Crippen molar-refractivity contribution in [2.75, 3.05) is 24.6 Å². The van der Waals surface area contributed by atoms with Gasteiger partial charge in [-0.2, -0.15) is 0 Å². The maximum Gasteiger partial charge on any atom is 0.271 e. The van der Waals surface area contributed by atoms with Crippen LogP contribution in [-0.4, -0.2) is 41.2 Å². The van der Waals surface area contributed by atoms with E-state index in [1.807, 2.05) is 6.92 Å². The number of piperidine rings is 1. The van der Waals surface area contributed by atoms with Gasteiger partial charge in [0.1, 0.15) is 0 Å². The van der Waals surface area contributed by atoms with Crippen LogP contribution in [0.1, 0.15) is 41.9 Å². The van der Waals surface area contributed by atoms with E-state index in [1.165, 1.54) is 0 Å². The molecular weight excluding hydrogens is 399 g/mol. The van der Waals surface area contributed by atoms with Gasteiger partial charge < -0.3 is 15.4 Å². The lowest BCUT2D eigenvalue weighted by Crippen LogP contribution is -2.45. The zero-order valence-electron chi connectivity index (χ0n) is 15.7. The number of rotatable bonds is 3. The molecule has 0 saturated carbocycles. The number of carbonyl (C=O) groups excluding carboxylic acids is 1. The Bertz CT molecular complexity index is 919. The third-order valence-corrected chi connectivity index (χ3v) is 6.47. The number of anilines is 1. The van der Waals surface area contributed by atoms with Crippen molar-refractivity contribution in [2.24, 2.45) is 5.73 Å². The fourth-order valence-corrected chi connectivity index (χ4v) is 4.50. The molecule has 1 spiro atoms. The molecule has 3 heterocycles. The number of nitrogens with two attached hydrogens (primary N) is 1. The van der Waals surface area contributed by atoms with E-state index >= 15 is 0 Å². The molecule has 0 radical (unpaired) electrons. The van der Waals surface area contributed by atoms with E-state index in [2.05, 4.69) is 9.88 Å². The molecule has 2 aliphatic rings. The number of ether oxygens (including phenoxy) is 1. The van der Waals surface area contributed by atoms with Crippen LogP contribution in [0.5, 0.6) is 0 Å². The Labute approximate surface area is 174 Å². The number of carbonyl (C=O) groups is 1. The maximum absolute atomic E-state index is 12.2. The molecule has 6 nitrogen and oxygen atoms in total. The second-order valence-electron chi connectivity index (χ2n) is 7.42. The van der Waals surface area contributed by atoms with E-state index in [-0.39, 0.29) is 11.3 Å². The molecule has 2 N–H and O–H groups in total. The Morgan fingerprint density at radius 1 is 1.21 bits per heavy atom.